The molecule has 1 aliphatic heterocycles. The fourth-order valence-corrected chi connectivity index (χ4v) is 3.95. The zero-order chi connectivity index (χ0) is 14.5. The van der Waals surface area contributed by atoms with E-state index in [1.54, 1.807) is 0 Å². The number of halogens is 1. The normalized spacial score (nSPS) is 21.6. The molecule has 1 aromatic carbocycles. The third kappa shape index (κ3) is 3.84. The van der Waals surface area contributed by atoms with E-state index in [0.717, 1.165) is 12.0 Å². The van der Waals surface area contributed by atoms with Crippen LogP contribution in [-0.4, -0.2) is 31.1 Å². The second-order valence-corrected chi connectivity index (χ2v) is 7.00. The van der Waals surface area contributed by atoms with Crippen LogP contribution in [0.15, 0.2) is 28.7 Å². The second-order valence-electron chi connectivity index (χ2n) is 6.14. The summed E-state index contributed by atoms with van der Waals surface area (Å²) >= 11 is 3.67. The first-order valence-electron chi connectivity index (χ1n) is 7.79. The Morgan fingerprint density at radius 2 is 2.10 bits per heavy atom. The fraction of sp³-hybridized carbons (Fsp3) is 0.647. The van der Waals surface area contributed by atoms with Crippen molar-refractivity contribution in [1.29, 1.82) is 0 Å². The third-order valence-corrected chi connectivity index (χ3v) is 5.24. The molecule has 2 atom stereocenters. The van der Waals surface area contributed by atoms with Crippen molar-refractivity contribution in [3.8, 4) is 0 Å². The molecule has 2 nitrogen and oxygen atoms in total. The first-order chi connectivity index (χ1) is 9.63. The van der Waals surface area contributed by atoms with E-state index in [4.69, 9.17) is 0 Å². The summed E-state index contributed by atoms with van der Waals surface area (Å²) in [6.45, 7) is 7.17. The number of likely N-dealkylation sites (tertiary alicyclic amines) is 1. The first kappa shape index (κ1) is 16.0. The maximum Gasteiger partial charge on any atom is 0.0340 e. The average Bonchev–Trinajstić information content (AvgIpc) is 2.90. The summed E-state index contributed by atoms with van der Waals surface area (Å²) in [6.07, 6.45) is 3.90. The molecular weight excluding hydrogens is 312 g/mol. The molecule has 20 heavy (non-hydrogen) atoms. The monoisotopic (exact) mass is 338 g/mol. The Labute approximate surface area is 132 Å². The largest absolute Gasteiger partial charge is 0.313 e. The van der Waals surface area contributed by atoms with Gasteiger partial charge in [0, 0.05) is 23.1 Å². The molecule has 1 fully saturated rings. The molecule has 112 valence electrons. The predicted octanol–water partition coefficient (Wildman–Crippen LogP) is 4.22. The fourth-order valence-electron chi connectivity index (χ4n) is 3.39. The average molecular weight is 339 g/mol. The van der Waals surface area contributed by atoms with Crippen molar-refractivity contribution < 1.29 is 0 Å². The highest BCUT2D eigenvalue weighted by molar-refractivity contribution is 9.10. The molecule has 0 aliphatic carbocycles. The van der Waals surface area contributed by atoms with Crippen molar-refractivity contribution in [1.82, 2.24) is 10.2 Å². The molecule has 2 rings (SSSR count). The lowest BCUT2D eigenvalue weighted by atomic mass is 10.0. The highest BCUT2D eigenvalue weighted by atomic mass is 79.9. The standard InChI is InChI=1S/C17H27BrN2/c1-13(2)17-9-6-11-20(17)12-10-16(19-3)14-7-4-5-8-15(14)18/h4-5,7-8,13,16-17,19H,6,9-12H2,1-3H3. The van der Waals surface area contributed by atoms with Crippen molar-refractivity contribution in [2.24, 2.45) is 5.92 Å². The van der Waals surface area contributed by atoms with Crippen LogP contribution in [0, 0.1) is 5.92 Å². The SMILES string of the molecule is CNC(CCN1CCCC1C(C)C)c1ccccc1Br. The van der Waals surface area contributed by atoms with E-state index < -0.39 is 0 Å². The van der Waals surface area contributed by atoms with E-state index in [1.165, 1.54) is 42.4 Å². The maximum atomic E-state index is 3.67. The summed E-state index contributed by atoms with van der Waals surface area (Å²) in [4.78, 5) is 2.69. The van der Waals surface area contributed by atoms with E-state index in [9.17, 15) is 0 Å². The van der Waals surface area contributed by atoms with Gasteiger partial charge < -0.3 is 10.2 Å². The third-order valence-electron chi connectivity index (χ3n) is 4.52. The van der Waals surface area contributed by atoms with Gasteiger partial charge in [-0.3, -0.25) is 0 Å². The van der Waals surface area contributed by atoms with E-state index in [-0.39, 0.29) is 0 Å². The molecule has 0 amide bonds. The number of rotatable bonds is 6. The lowest BCUT2D eigenvalue weighted by Crippen LogP contribution is -2.35. The van der Waals surface area contributed by atoms with E-state index >= 15 is 0 Å². The van der Waals surface area contributed by atoms with Gasteiger partial charge in [-0.05, 0) is 50.4 Å². The molecule has 1 aromatic rings. The van der Waals surface area contributed by atoms with Gasteiger partial charge in [0.05, 0.1) is 0 Å². The van der Waals surface area contributed by atoms with Gasteiger partial charge in [-0.1, -0.05) is 48.0 Å². The number of nitrogens with one attached hydrogen (secondary N) is 1. The summed E-state index contributed by atoms with van der Waals surface area (Å²) in [5.41, 5.74) is 1.37. The van der Waals surface area contributed by atoms with Gasteiger partial charge in [-0.2, -0.15) is 0 Å². The molecule has 1 heterocycles. The first-order valence-corrected chi connectivity index (χ1v) is 8.58. The molecule has 0 radical (unpaired) electrons. The summed E-state index contributed by atoms with van der Waals surface area (Å²) in [5.74, 6) is 0.772. The molecule has 0 aromatic heterocycles. The van der Waals surface area contributed by atoms with Crippen molar-refractivity contribution in [2.45, 2.75) is 45.2 Å². The molecule has 1 aliphatic rings. The minimum absolute atomic E-state index is 0.430. The molecule has 0 spiro atoms. The highest BCUT2D eigenvalue weighted by Crippen LogP contribution is 2.28. The second kappa shape index (κ2) is 7.58. The molecule has 0 bridgehead atoms. The predicted molar refractivity (Wildman–Crippen MR) is 90.0 cm³/mol. The molecule has 1 saturated heterocycles. The molecule has 1 N–H and O–H groups in total. The van der Waals surface area contributed by atoms with Gasteiger partial charge in [0.25, 0.3) is 0 Å². The van der Waals surface area contributed by atoms with Gasteiger partial charge in [0.2, 0.25) is 0 Å². The Morgan fingerprint density at radius 1 is 1.35 bits per heavy atom. The summed E-state index contributed by atoms with van der Waals surface area (Å²) in [6, 6.07) is 9.76. The topological polar surface area (TPSA) is 15.3 Å². The number of hydrogen-bond donors (Lipinski definition) is 1. The smallest absolute Gasteiger partial charge is 0.0340 e. The van der Waals surface area contributed by atoms with Crippen LogP contribution in [0.3, 0.4) is 0 Å². The quantitative estimate of drug-likeness (QED) is 0.835. The highest BCUT2D eigenvalue weighted by Gasteiger charge is 2.27. The maximum absolute atomic E-state index is 3.67. The van der Waals surface area contributed by atoms with Crippen LogP contribution in [0.5, 0.6) is 0 Å². The van der Waals surface area contributed by atoms with Crippen LogP contribution in [0.25, 0.3) is 0 Å². The number of nitrogens with zero attached hydrogens (tertiary/aromatic N) is 1. The number of benzene rings is 1. The number of hydrogen-bond acceptors (Lipinski definition) is 2. The van der Waals surface area contributed by atoms with Crippen LogP contribution in [0.2, 0.25) is 0 Å². The van der Waals surface area contributed by atoms with Gasteiger partial charge >= 0.3 is 0 Å². The van der Waals surface area contributed by atoms with E-state index in [1.807, 2.05) is 0 Å². The lowest BCUT2D eigenvalue weighted by molar-refractivity contribution is 0.197. The summed E-state index contributed by atoms with van der Waals surface area (Å²) in [7, 11) is 2.06. The van der Waals surface area contributed by atoms with Gasteiger partial charge in [-0.15, -0.1) is 0 Å². The minimum Gasteiger partial charge on any atom is -0.313 e. The molecule has 2 unspecified atom stereocenters. The Bertz CT molecular complexity index is 419. The Kier molecular flexibility index (Phi) is 6.06. The van der Waals surface area contributed by atoms with Gasteiger partial charge in [0.1, 0.15) is 0 Å². The Morgan fingerprint density at radius 3 is 2.75 bits per heavy atom. The summed E-state index contributed by atoms with van der Waals surface area (Å²) < 4.78 is 1.21. The molecular formula is C17H27BrN2. The van der Waals surface area contributed by atoms with E-state index in [0.29, 0.717) is 6.04 Å². The van der Waals surface area contributed by atoms with Crippen LogP contribution >= 0.6 is 15.9 Å². The van der Waals surface area contributed by atoms with Gasteiger partial charge in [-0.25, -0.2) is 0 Å². The summed E-state index contributed by atoms with van der Waals surface area (Å²) in [5, 5.41) is 3.47. The van der Waals surface area contributed by atoms with Crippen LogP contribution in [0.1, 0.15) is 44.7 Å². The van der Waals surface area contributed by atoms with Crippen LogP contribution in [0.4, 0.5) is 0 Å². The van der Waals surface area contributed by atoms with Crippen molar-refractivity contribution in [3.05, 3.63) is 34.3 Å². The van der Waals surface area contributed by atoms with Crippen LogP contribution < -0.4 is 5.32 Å². The van der Waals surface area contributed by atoms with Gasteiger partial charge in [0.15, 0.2) is 0 Å². The Hall–Kier alpha value is -0.380. The molecule has 3 heteroatoms. The van der Waals surface area contributed by atoms with Crippen molar-refractivity contribution >= 4 is 15.9 Å². The van der Waals surface area contributed by atoms with Crippen molar-refractivity contribution in [2.75, 3.05) is 20.1 Å². The van der Waals surface area contributed by atoms with Crippen LogP contribution in [-0.2, 0) is 0 Å². The zero-order valence-electron chi connectivity index (χ0n) is 12.9. The van der Waals surface area contributed by atoms with Crippen molar-refractivity contribution in [3.63, 3.8) is 0 Å². The minimum atomic E-state index is 0.430. The Balaban J connectivity index is 1.96. The van der Waals surface area contributed by atoms with E-state index in [2.05, 4.69) is 71.3 Å². The molecule has 0 saturated carbocycles. The lowest BCUT2D eigenvalue weighted by Gasteiger charge is -2.29. The zero-order valence-corrected chi connectivity index (χ0v) is 14.5.